The van der Waals surface area contributed by atoms with Crippen molar-refractivity contribution >= 4 is 0 Å². The van der Waals surface area contributed by atoms with Crippen LogP contribution in [0.3, 0.4) is 0 Å². The van der Waals surface area contributed by atoms with Gasteiger partial charge in [-0.1, -0.05) is 30.7 Å². The minimum absolute atomic E-state index is 0.0439. The van der Waals surface area contributed by atoms with Gasteiger partial charge in [0.05, 0.1) is 7.11 Å². The summed E-state index contributed by atoms with van der Waals surface area (Å²) in [4.78, 5) is 5.63. The smallest absolute Gasteiger partial charge is 0.129 e. The van der Waals surface area contributed by atoms with E-state index >= 15 is 0 Å². The van der Waals surface area contributed by atoms with Crippen molar-refractivity contribution in [1.29, 1.82) is 0 Å². The number of hydrogen-bond acceptors (Lipinski definition) is 2. The maximum Gasteiger partial charge on any atom is 0.129 e. The lowest BCUT2D eigenvalue weighted by Crippen LogP contribution is -2.35. The van der Waals surface area contributed by atoms with Gasteiger partial charge in [0.1, 0.15) is 11.6 Å². The van der Waals surface area contributed by atoms with Crippen LogP contribution in [0.15, 0.2) is 36.4 Å². The molecular weight excluding hydrogens is 344 g/mol. The van der Waals surface area contributed by atoms with Crippen LogP contribution in [0.25, 0.3) is 0 Å². The maximum atomic E-state index is 14.3. The van der Waals surface area contributed by atoms with Crippen LogP contribution in [-0.4, -0.2) is 25.3 Å². The van der Waals surface area contributed by atoms with Crippen molar-refractivity contribution in [1.82, 2.24) is 5.06 Å². The van der Waals surface area contributed by atoms with E-state index in [1.807, 2.05) is 11.1 Å². The second-order valence-electron chi connectivity index (χ2n) is 7.73. The third kappa shape index (κ3) is 4.74. The summed E-state index contributed by atoms with van der Waals surface area (Å²) in [6.07, 6.45) is 4.06. The molecule has 0 heterocycles. The third-order valence-electron chi connectivity index (χ3n) is 5.83. The summed E-state index contributed by atoms with van der Waals surface area (Å²) in [5.74, 6) is -0.338. The molecule has 0 N–H and O–H groups in total. The van der Waals surface area contributed by atoms with Crippen LogP contribution in [0.4, 0.5) is 8.78 Å². The summed E-state index contributed by atoms with van der Waals surface area (Å²) >= 11 is 0. The Bertz CT molecular complexity index is 732. The number of halogens is 2. The van der Waals surface area contributed by atoms with Gasteiger partial charge in [-0.15, -0.1) is 0 Å². The van der Waals surface area contributed by atoms with Crippen molar-refractivity contribution in [3.63, 3.8) is 0 Å². The Morgan fingerprint density at radius 2 is 1.63 bits per heavy atom. The van der Waals surface area contributed by atoms with E-state index in [0.29, 0.717) is 18.9 Å². The summed E-state index contributed by atoms with van der Waals surface area (Å²) in [5, 5.41) is 1.97. The quantitative estimate of drug-likeness (QED) is 0.561. The average molecular weight is 373 g/mol. The Morgan fingerprint density at radius 1 is 1.04 bits per heavy atom. The van der Waals surface area contributed by atoms with Crippen LogP contribution in [0.2, 0.25) is 0 Å². The number of hydroxylamine groups is 2. The summed E-state index contributed by atoms with van der Waals surface area (Å²) in [6, 6.07) is 10.2. The molecule has 4 heteroatoms. The van der Waals surface area contributed by atoms with Gasteiger partial charge in [0.25, 0.3) is 0 Å². The highest BCUT2D eigenvalue weighted by atomic mass is 19.1. The number of aryl methyl sites for hydroxylation is 2. The molecule has 27 heavy (non-hydrogen) atoms. The summed E-state index contributed by atoms with van der Waals surface area (Å²) in [6.45, 7) is 5.62. The first-order chi connectivity index (χ1) is 13.0. The third-order valence-corrected chi connectivity index (χ3v) is 5.83. The summed E-state index contributed by atoms with van der Waals surface area (Å²) in [7, 11) is 1.68. The van der Waals surface area contributed by atoms with Crippen LogP contribution < -0.4 is 0 Å². The molecule has 0 saturated heterocycles. The standard InChI is InChI=1S/C23H29F2NO/c1-16-7-4-8-17(2)23(16)19(13-20-21(24)11-6-12-22(20)25)15-26(27-3)14-18-9-5-10-18/h4,6-8,11-12,18-19H,5,9-10,13-15H2,1-3H3. The van der Waals surface area contributed by atoms with E-state index in [1.165, 1.54) is 37.5 Å². The molecule has 0 bridgehead atoms. The molecule has 2 nitrogen and oxygen atoms in total. The second-order valence-corrected chi connectivity index (χ2v) is 7.73. The predicted molar refractivity (Wildman–Crippen MR) is 105 cm³/mol. The van der Waals surface area contributed by atoms with Crippen molar-refractivity contribution in [2.45, 2.75) is 45.4 Å². The molecular formula is C23H29F2NO. The highest BCUT2D eigenvalue weighted by molar-refractivity contribution is 5.38. The molecule has 1 saturated carbocycles. The zero-order valence-electron chi connectivity index (χ0n) is 16.5. The van der Waals surface area contributed by atoms with E-state index < -0.39 is 11.6 Å². The van der Waals surface area contributed by atoms with Crippen molar-refractivity contribution in [3.05, 3.63) is 70.3 Å². The molecule has 146 valence electrons. The van der Waals surface area contributed by atoms with E-state index in [1.54, 1.807) is 7.11 Å². The van der Waals surface area contributed by atoms with Crippen molar-refractivity contribution in [2.75, 3.05) is 20.2 Å². The molecule has 0 spiro atoms. The van der Waals surface area contributed by atoms with Gasteiger partial charge in [-0.05, 0) is 67.9 Å². The van der Waals surface area contributed by atoms with Crippen LogP contribution in [0.5, 0.6) is 0 Å². The van der Waals surface area contributed by atoms with Gasteiger partial charge in [-0.25, -0.2) is 8.78 Å². The van der Waals surface area contributed by atoms with Crippen LogP contribution >= 0.6 is 0 Å². The Kier molecular flexibility index (Phi) is 6.61. The highest BCUT2D eigenvalue weighted by Gasteiger charge is 2.26. The number of benzene rings is 2. The zero-order chi connectivity index (χ0) is 19.4. The molecule has 1 unspecified atom stereocenters. The van der Waals surface area contributed by atoms with Crippen LogP contribution in [0, 0.1) is 31.4 Å². The monoisotopic (exact) mass is 373 g/mol. The second kappa shape index (κ2) is 8.94. The van der Waals surface area contributed by atoms with E-state index in [9.17, 15) is 8.78 Å². The molecule has 1 aliphatic carbocycles. The Balaban J connectivity index is 1.90. The minimum atomic E-state index is -0.478. The molecule has 0 radical (unpaired) electrons. The van der Waals surface area contributed by atoms with E-state index in [0.717, 1.165) is 23.2 Å². The lowest BCUT2D eigenvalue weighted by Gasteiger charge is -2.33. The molecule has 1 aliphatic rings. The molecule has 2 aromatic carbocycles. The first-order valence-electron chi connectivity index (χ1n) is 9.77. The topological polar surface area (TPSA) is 12.5 Å². The van der Waals surface area contributed by atoms with Gasteiger partial charge < -0.3 is 4.84 Å². The van der Waals surface area contributed by atoms with Crippen LogP contribution in [0.1, 0.15) is 47.4 Å². The molecule has 2 aromatic rings. The van der Waals surface area contributed by atoms with Crippen molar-refractivity contribution in [2.24, 2.45) is 5.92 Å². The van der Waals surface area contributed by atoms with Gasteiger partial charge in [-0.2, -0.15) is 5.06 Å². The van der Waals surface area contributed by atoms with Gasteiger partial charge in [0.15, 0.2) is 0 Å². The molecule has 0 amide bonds. The van der Waals surface area contributed by atoms with Crippen molar-refractivity contribution in [3.8, 4) is 0 Å². The fourth-order valence-electron chi connectivity index (χ4n) is 4.14. The largest absolute Gasteiger partial charge is 0.302 e. The molecule has 0 aliphatic heterocycles. The number of hydrogen-bond donors (Lipinski definition) is 0. The normalized spacial score (nSPS) is 15.8. The SMILES string of the molecule is CON(CC1CCC1)CC(Cc1c(F)cccc1F)c1c(C)cccc1C. The van der Waals surface area contributed by atoms with E-state index in [2.05, 4.69) is 26.0 Å². The lowest BCUT2D eigenvalue weighted by molar-refractivity contribution is -0.147. The van der Waals surface area contributed by atoms with Gasteiger partial charge in [-0.3, -0.25) is 0 Å². The Morgan fingerprint density at radius 3 is 2.15 bits per heavy atom. The minimum Gasteiger partial charge on any atom is -0.302 e. The lowest BCUT2D eigenvalue weighted by atomic mass is 9.84. The Labute approximate surface area is 161 Å². The summed E-state index contributed by atoms with van der Waals surface area (Å²) in [5.41, 5.74) is 3.62. The van der Waals surface area contributed by atoms with E-state index in [4.69, 9.17) is 4.84 Å². The average Bonchev–Trinajstić information content (AvgIpc) is 2.59. The van der Waals surface area contributed by atoms with E-state index in [-0.39, 0.29) is 11.5 Å². The summed E-state index contributed by atoms with van der Waals surface area (Å²) < 4.78 is 28.7. The fourth-order valence-corrected chi connectivity index (χ4v) is 4.14. The van der Waals surface area contributed by atoms with Gasteiger partial charge in [0.2, 0.25) is 0 Å². The predicted octanol–water partition coefficient (Wildman–Crippen LogP) is 5.57. The van der Waals surface area contributed by atoms with Crippen molar-refractivity contribution < 1.29 is 13.6 Å². The molecule has 3 rings (SSSR count). The number of nitrogens with zero attached hydrogens (tertiary/aromatic N) is 1. The maximum absolute atomic E-state index is 14.3. The number of rotatable bonds is 8. The molecule has 0 aromatic heterocycles. The molecule has 1 fully saturated rings. The highest BCUT2D eigenvalue weighted by Crippen LogP contribution is 2.32. The first kappa shape index (κ1) is 20.0. The first-order valence-corrected chi connectivity index (χ1v) is 9.77. The Hall–Kier alpha value is -1.78. The fraction of sp³-hybridized carbons (Fsp3) is 0.478. The van der Waals surface area contributed by atoms with Crippen LogP contribution in [-0.2, 0) is 11.3 Å². The van der Waals surface area contributed by atoms with Gasteiger partial charge in [0, 0.05) is 24.6 Å². The van der Waals surface area contributed by atoms with Gasteiger partial charge >= 0.3 is 0 Å². The molecule has 1 atom stereocenters. The zero-order valence-corrected chi connectivity index (χ0v) is 16.5.